The zero-order chi connectivity index (χ0) is 19.1. The first-order valence-corrected chi connectivity index (χ1v) is 9.68. The van der Waals surface area contributed by atoms with Crippen LogP contribution in [0.25, 0.3) is 0 Å². The lowest BCUT2D eigenvalue weighted by molar-refractivity contribution is 0.310. The number of hydrogen-bond acceptors (Lipinski definition) is 3. The molecule has 5 nitrogen and oxygen atoms in total. The topological polar surface area (TPSA) is 68.9 Å². The number of anilines is 1. The number of hydrogen-bond donors (Lipinski definition) is 2. The number of benzene rings is 2. The SMILES string of the molecule is CCOc1cc(CCCN=C(N)Nc2ccc3c(c2)CCC3)ccc1OC. The molecule has 1 aliphatic rings. The Morgan fingerprint density at radius 3 is 2.78 bits per heavy atom. The molecule has 3 rings (SSSR count). The van der Waals surface area contributed by atoms with Gasteiger partial charge in [0.05, 0.1) is 13.7 Å². The number of aliphatic imine (C=N–C) groups is 1. The molecule has 0 unspecified atom stereocenters. The average Bonchev–Trinajstić information content (AvgIpc) is 3.13. The minimum Gasteiger partial charge on any atom is -0.493 e. The summed E-state index contributed by atoms with van der Waals surface area (Å²) >= 11 is 0. The summed E-state index contributed by atoms with van der Waals surface area (Å²) in [6.07, 6.45) is 5.44. The van der Waals surface area contributed by atoms with E-state index in [1.165, 1.54) is 29.5 Å². The highest BCUT2D eigenvalue weighted by molar-refractivity contribution is 5.92. The quantitative estimate of drug-likeness (QED) is 0.421. The smallest absolute Gasteiger partial charge is 0.193 e. The Morgan fingerprint density at radius 2 is 1.96 bits per heavy atom. The molecule has 2 aromatic carbocycles. The highest BCUT2D eigenvalue weighted by Gasteiger charge is 2.11. The maximum absolute atomic E-state index is 6.03. The zero-order valence-corrected chi connectivity index (χ0v) is 16.3. The van der Waals surface area contributed by atoms with Crippen LogP contribution in [0.4, 0.5) is 5.69 Å². The molecule has 0 saturated heterocycles. The Kier molecular flexibility index (Phi) is 6.58. The lowest BCUT2D eigenvalue weighted by atomic mass is 10.1. The van der Waals surface area contributed by atoms with Crippen molar-refractivity contribution in [2.45, 2.75) is 39.0 Å². The van der Waals surface area contributed by atoms with Gasteiger partial charge in [0.1, 0.15) is 0 Å². The van der Waals surface area contributed by atoms with Crippen molar-refractivity contribution in [1.29, 1.82) is 0 Å². The number of aryl methyl sites for hydroxylation is 3. The van der Waals surface area contributed by atoms with Gasteiger partial charge in [0.15, 0.2) is 17.5 Å². The van der Waals surface area contributed by atoms with Crippen LogP contribution >= 0.6 is 0 Å². The van der Waals surface area contributed by atoms with Gasteiger partial charge >= 0.3 is 0 Å². The van der Waals surface area contributed by atoms with Crippen LogP contribution in [0, 0.1) is 0 Å². The molecular formula is C22H29N3O2. The summed E-state index contributed by atoms with van der Waals surface area (Å²) < 4.78 is 11.0. The maximum atomic E-state index is 6.03. The number of methoxy groups -OCH3 is 1. The molecule has 27 heavy (non-hydrogen) atoms. The first kappa shape index (κ1) is 19.1. The largest absolute Gasteiger partial charge is 0.493 e. The maximum Gasteiger partial charge on any atom is 0.193 e. The third-order valence-electron chi connectivity index (χ3n) is 4.80. The van der Waals surface area contributed by atoms with E-state index in [0.717, 1.165) is 36.4 Å². The van der Waals surface area contributed by atoms with Crippen molar-refractivity contribution in [2.24, 2.45) is 10.7 Å². The third kappa shape index (κ3) is 5.16. The lowest BCUT2D eigenvalue weighted by Crippen LogP contribution is -2.23. The molecule has 5 heteroatoms. The van der Waals surface area contributed by atoms with E-state index < -0.39 is 0 Å². The van der Waals surface area contributed by atoms with E-state index >= 15 is 0 Å². The summed E-state index contributed by atoms with van der Waals surface area (Å²) in [4.78, 5) is 4.45. The van der Waals surface area contributed by atoms with Crippen LogP contribution in [0.3, 0.4) is 0 Å². The molecule has 0 amide bonds. The average molecular weight is 367 g/mol. The summed E-state index contributed by atoms with van der Waals surface area (Å²) in [7, 11) is 1.66. The molecule has 0 bridgehead atoms. The van der Waals surface area contributed by atoms with Gasteiger partial charge in [0, 0.05) is 12.2 Å². The Bertz CT molecular complexity index is 802. The minimum atomic E-state index is 0.470. The Labute approximate surface area is 161 Å². The van der Waals surface area contributed by atoms with Crippen molar-refractivity contribution in [2.75, 3.05) is 25.6 Å². The number of rotatable bonds is 8. The second-order valence-electron chi connectivity index (χ2n) is 6.75. The molecule has 0 aliphatic heterocycles. The molecule has 0 saturated carbocycles. The Morgan fingerprint density at radius 1 is 1.11 bits per heavy atom. The van der Waals surface area contributed by atoms with Gasteiger partial charge < -0.3 is 20.5 Å². The Balaban J connectivity index is 1.49. The fraction of sp³-hybridized carbons (Fsp3) is 0.409. The monoisotopic (exact) mass is 367 g/mol. The standard InChI is InChI=1S/C22H29N3O2/c1-3-27-21-14-16(9-12-20(21)26-2)6-5-13-24-22(23)25-19-11-10-17-7-4-8-18(17)15-19/h9-12,14-15H,3-8,13H2,1-2H3,(H3,23,24,25). The van der Waals surface area contributed by atoms with Crippen LogP contribution in [0.1, 0.15) is 36.5 Å². The van der Waals surface area contributed by atoms with Crippen molar-refractivity contribution >= 4 is 11.6 Å². The van der Waals surface area contributed by atoms with E-state index in [4.69, 9.17) is 15.2 Å². The number of ether oxygens (including phenoxy) is 2. The summed E-state index contributed by atoms with van der Waals surface area (Å²) in [5, 5.41) is 3.20. The summed E-state index contributed by atoms with van der Waals surface area (Å²) in [5.41, 5.74) is 11.2. The predicted octanol–water partition coefficient (Wildman–Crippen LogP) is 3.94. The molecule has 3 N–H and O–H groups in total. The number of nitrogens with two attached hydrogens (primary N) is 1. The van der Waals surface area contributed by atoms with Gasteiger partial charge in [0.2, 0.25) is 0 Å². The fourth-order valence-corrected chi connectivity index (χ4v) is 3.46. The van der Waals surface area contributed by atoms with E-state index in [0.29, 0.717) is 19.1 Å². The van der Waals surface area contributed by atoms with E-state index in [2.05, 4.69) is 34.6 Å². The van der Waals surface area contributed by atoms with Gasteiger partial charge in [-0.2, -0.15) is 0 Å². The molecular weight excluding hydrogens is 338 g/mol. The molecule has 0 heterocycles. The minimum absolute atomic E-state index is 0.470. The number of nitrogens with one attached hydrogen (secondary N) is 1. The van der Waals surface area contributed by atoms with Crippen LogP contribution in [0.2, 0.25) is 0 Å². The van der Waals surface area contributed by atoms with E-state index in [-0.39, 0.29) is 0 Å². The summed E-state index contributed by atoms with van der Waals surface area (Å²) in [6.45, 7) is 3.27. The lowest BCUT2D eigenvalue weighted by Gasteiger charge is -2.11. The molecule has 0 radical (unpaired) electrons. The van der Waals surface area contributed by atoms with Gasteiger partial charge in [-0.3, -0.25) is 4.99 Å². The van der Waals surface area contributed by atoms with Crippen molar-refractivity contribution < 1.29 is 9.47 Å². The first-order valence-electron chi connectivity index (χ1n) is 9.68. The predicted molar refractivity (Wildman–Crippen MR) is 111 cm³/mol. The zero-order valence-electron chi connectivity index (χ0n) is 16.3. The van der Waals surface area contributed by atoms with E-state index in [1.54, 1.807) is 7.11 Å². The Hall–Kier alpha value is -2.69. The molecule has 0 aromatic heterocycles. The van der Waals surface area contributed by atoms with Crippen LogP contribution < -0.4 is 20.5 Å². The van der Waals surface area contributed by atoms with Gasteiger partial charge in [-0.05, 0) is 80.0 Å². The fourth-order valence-electron chi connectivity index (χ4n) is 3.46. The second-order valence-corrected chi connectivity index (χ2v) is 6.75. The highest BCUT2D eigenvalue weighted by Crippen LogP contribution is 2.28. The molecule has 2 aromatic rings. The van der Waals surface area contributed by atoms with Gasteiger partial charge in [-0.15, -0.1) is 0 Å². The summed E-state index contributed by atoms with van der Waals surface area (Å²) in [6, 6.07) is 12.5. The van der Waals surface area contributed by atoms with Gasteiger partial charge in [0.25, 0.3) is 0 Å². The van der Waals surface area contributed by atoms with Crippen LogP contribution in [0.15, 0.2) is 41.4 Å². The number of guanidine groups is 1. The van der Waals surface area contributed by atoms with E-state index in [1.807, 2.05) is 19.1 Å². The van der Waals surface area contributed by atoms with Crippen molar-refractivity contribution in [1.82, 2.24) is 0 Å². The van der Waals surface area contributed by atoms with Crippen molar-refractivity contribution in [3.05, 3.63) is 53.1 Å². The molecule has 1 aliphatic carbocycles. The number of fused-ring (bicyclic) bond motifs is 1. The highest BCUT2D eigenvalue weighted by atomic mass is 16.5. The molecule has 144 valence electrons. The third-order valence-corrected chi connectivity index (χ3v) is 4.80. The molecule has 0 spiro atoms. The van der Waals surface area contributed by atoms with E-state index in [9.17, 15) is 0 Å². The first-order chi connectivity index (χ1) is 13.2. The number of nitrogens with zero attached hydrogens (tertiary/aromatic N) is 1. The van der Waals surface area contributed by atoms with Crippen LogP contribution in [-0.4, -0.2) is 26.2 Å². The normalized spacial score (nSPS) is 13.3. The van der Waals surface area contributed by atoms with Crippen molar-refractivity contribution in [3.8, 4) is 11.5 Å². The molecule has 0 atom stereocenters. The van der Waals surface area contributed by atoms with Crippen LogP contribution in [0.5, 0.6) is 11.5 Å². The summed E-state index contributed by atoms with van der Waals surface area (Å²) in [5.74, 6) is 2.03. The van der Waals surface area contributed by atoms with Gasteiger partial charge in [-0.1, -0.05) is 12.1 Å². The molecule has 0 fully saturated rings. The second kappa shape index (κ2) is 9.31. The van der Waals surface area contributed by atoms with Gasteiger partial charge in [-0.25, -0.2) is 0 Å². The van der Waals surface area contributed by atoms with Crippen molar-refractivity contribution in [3.63, 3.8) is 0 Å². The van der Waals surface area contributed by atoms with Crippen LogP contribution in [-0.2, 0) is 19.3 Å².